The molecule has 2 unspecified atom stereocenters. The van der Waals surface area contributed by atoms with Gasteiger partial charge in [0, 0.05) is 51.8 Å². The molecule has 2 saturated heterocycles. The Hall–Kier alpha value is -1.43. The number of likely N-dealkylation sites (tertiary alicyclic amines) is 2. The smallest absolute Gasteiger partial charge is 0.222 e. The van der Waals surface area contributed by atoms with Crippen LogP contribution in [0.4, 0.5) is 0 Å². The third-order valence-corrected chi connectivity index (χ3v) is 5.55. The summed E-state index contributed by atoms with van der Waals surface area (Å²) in [6.45, 7) is 6.60. The molecule has 6 nitrogen and oxygen atoms in total. The molecule has 1 aromatic heterocycles. The molecule has 0 saturated carbocycles. The average molecular weight is 333 g/mol. The zero-order valence-electron chi connectivity index (χ0n) is 15.2. The zero-order valence-corrected chi connectivity index (χ0v) is 15.2. The highest BCUT2D eigenvalue weighted by Crippen LogP contribution is 2.23. The molecule has 3 heterocycles. The van der Waals surface area contributed by atoms with E-state index in [1.165, 1.54) is 32.2 Å². The Balaban J connectivity index is 1.46. The van der Waals surface area contributed by atoms with Crippen LogP contribution in [-0.2, 0) is 18.3 Å². The molecule has 0 N–H and O–H groups in total. The van der Waals surface area contributed by atoms with Crippen molar-refractivity contribution in [2.45, 2.75) is 57.9 Å². The van der Waals surface area contributed by atoms with Gasteiger partial charge >= 0.3 is 0 Å². The van der Waals surface area contributed by atoms with Crippen molar-refractivity contribution in [1.82, 2.24) is 24.8 Å². The Labute approximate surface area is 145 Å². The van der Waals surface area contributed by atoms with Gasteiger partial charge in [-0.2, -0.15) is 0 Å². The molecule has 0 spiro atoms. The van der Waals surface area contributed by atoms with E-state index in [0.717, 1.165) is 31.7 Å². The fourth-order valence-corrected chi connectivity index (χ4v) is 4.10. The first-order valence-electron chi connectivity index (χ1n) is 9.49. The Morgan fingerprint density at radius 2 is 2.12 bits per heavy atom. The Morgan fingerprint density at radius 3 is 2.88 bits per heavy atom. The van der Waals surface area contributed by atoms with Crippen LogP contribution in [0.15, 0.2) is 6.20 Å². The van der Waals surface area contributed by atoms with Gasteiger partial charge in [-0.05, 0) is 45.1 Å². The normalized spacial score (nSPS) is 25.8. The Kier molecular flexibility index (Phi) is 5.87. The summed E-state index contributed by atoms with van der Waals surface area (Å²) in [6, 6.07) is 0.710. The van der Waals surface area contributed by atoms with Crippen LogP contribution in [0.3, 0.4) is 0 Å². The number of aromatic nitrogens is 3. The highest BCUT2D eigenvalue weighted by molar-refractivity contribution is 5.76. The fraction of sp³-hybridized carbons (Fsp3) is 0.833. The minimum absolute atomic E-state index is 0.275. The lowest BCUT2D eigenvalue weighted by atomic mass is 9.94. The first kappa shape index (κ1) is 17.4. The summed E-state index contributed by atoms with van der Waals surface area (Å²) in [4.78, 5) is 17.3. The van der Waals surface area contributed by atoms with Gasteiger partial charge in [0.25, 0.3) is 0 Å². The van der Waals surface area contributed by atoms with Crippen molar-refractivity contribution in [3.8, 4) is 0 Å². The lowest BCUT2D eigenvalue weighted by molar-refractivity contribution is -0.133. The van der Waals surface area contributed by atoms with E-state index < -0.39 is 0 Å². The van der Waals surface area contributed by atoms with E-state index in [1.807, 2.05) is 13.2 Å². The molecule has 3 rings (SSSR count). The lowest BCUT2D eigenvalue weighted by Crippen LogP contribution is -2.46. The molecule has 0 aromatic carbocycles. The summed E-state index contributed by atoms with van der Waals surface area (Å²) < 4.78 is 1.69. The minimum Gasteiger partial charge on any atom is -0.342 e. The average Bonchev–Trinajstić information content (AvgIpc) is 3.00. The molecule has 2 fully saturated rings. The van der Waals surface area contributed by atoms with Crippen LogP contribution in [0.5, 0.6) is 0 Å². The molecular formula is C18H31N5O. The molecule has 0 aliphatic carbocycles. The Bertz CT molecular complexity index is 543. The van der Waals surface area contributed by atoms with E-state index in [4.69, 9.17) is 0 Å². The fourth-order valence-electron chi connectivity index (χ4n) is 4.10. The quantitative estimate of drug-likeness (QED) is 0.825. The number of amides is 1. The van der Waals surface area contributed by atoms with Crippen molar-refractivity contribution in [3.05, 3.63) is 11.9 Å². The maximum atomic E-state index is 12.5. The first-order valence-corrected chi connectivity index (χ1v) is 9.49. The number of carbonyl (C=O) groups is 1. The minimum atomic E-state index is 0.275. The second-order valence-electron chi connectivity index (χ2n) is 7.57. The van der Waals surface area contributed by atoms with Crippen molar-refractivity contribution >= 4 is 5.91 Å². The van der Waals surface area contributed by atoms with E-state index in [2.05, 4.69) is 27.0 Å². The molecule has 6 heteroatoms. The molecule has 134 valence electrons. The molecule has 24 heavy (non-hydrogen) atoms. The maximum Gasteiger partial charge on any atom is 0.222 e. The maximum absolute atomic E-state index is 12.5. The van der Waals surface area contributed by atoms with Crippen LogP contribution in [0.2, 0.25) is 0 Å². The molecule has 0 bridgehead atoms. The van der Waals surface area contributed by atoms with Crippen molar-refractivity contribution in [1.29, 1.82) is 0 Å². The molecule has 1 aromatic rings. The van der Waals surface area contributed by atoms with E-state index in [0.29, 0.717) is 24.8 Å². The van der Waals surface area contributed by atoms with E-state index in [1.54, 1.807) is 4.68 Å². The van der Waals surface area contributed by atoms with Crippen LogP contribution in [0.25, 0.3) is 0 Å². The van der Waals surface area contributed by atoms with E-state index in [-0.39, 0.29) is 5.91 Å². The number of nitrogens with zero attached hydrogens (tertiary/aromatic N) is 5. The van der Waals surface area contributed by atoms with Gasteiger partial charge in [-0.15, -0.1) is 5.10 Å². The topological polar surface area (TPSA) is 54.3 Å². The van der Waals surface area contributed by atoms with Crippen molar-refractivity contribution in [2.75, 3.05) is 26.2 Å². The zero-order chi connectivity index (χ0) is 16.9. The third-order valence-electron chi connectivity index (χ3n) is 5.55. The number of hydrogen-bond acceptors (Lipinski definition) is 4. The van der Waals surface area contributed by atoms with Gasteiger partial charge < -0.3 is 9.80 Å². The summed E-state index contributed by atoms with van der Waals surface area (Å²) in [5.74, 6) is 0.914. The number of hydrogen-bond donors (Lipinski definition) is 0. The summed E-state index contributed by atoms with van der Waals surface area (Å²) in [5, 5.41) is 8.00. The van der Waals surface area contributed by atoms with E-state index >= 15 is 0 Å². The van der Waals surface area contributed by atoms with Crippen molar-refractivity contribution in [2.24, 2.45) is 13.0 Å². The number of carbonyl (C=O) groups excluding carboxylic acids is 1. The highest BCUT2D eigenvalue weighted by Gasteiger charge is 2.27. The predicted molar refractivity (Wildman–Crippen MR) is 93.5 cm³/mol. The first-order chi connectivity index (χ1) is 11.6. The predicted octanol–water partition coefficient (Wildman–Crippen LogP) is 1.86. The van der Waals surface area contributed by atoms with Gasteiger partial charge in [-0.25, -0.2) is 0 Å². The van der Waals surface area contributed by atoms with Crippen LogP contribution in [0.1, 0.15) is 51.1 Å². The third kappa shape index (κ3) is 4.56. The monoisotopic (exact) mass is 333 g/mol. The van der Waals surface area contributed by atoms with Crippen molar-refractivity contribution < 1.29 is 4.79 Å². The largest absolute Gasteiger partial charge is 0.342 e. The SMILES string of the molecule is CC1CCCCN1CC1CCCN(C(=O)CCc2cn(C)nn2)C1. The molecule has 2 aliphatic rings. The standard InChI is InChI=1S/C18H31N5O/c1-15-6-3-4-10-22(15)12-16-7-5-11-23(13-16)18(24)9-8-17-14-21(2)20-19-17/h14-16H,3-13H2,1-2H3. The van der Waals surface area contributed by atoms with Crippen LogP contribution in [0, 0.1) is 5.92 Å². The van der Waals surface area contributed by atoms with Gasteiger partial charge in [-0.1, -0.05) is 11.6 Å². The summed E-state index contributed by atoms with van der Waals surface area (Å²) in [6.07, 6.45) is 9.56. The highest BCUT2D eigenvalue weighted by atomic mass is 16.2. The van der Waals surface area contributed by atoms with Crippen LogP contribution >= 0.6 is 0 Å². The van der Waals surface area contributed by atoms with Crippen LogP contribution in [-0.4, -0.2) is 62.9 Å². The number of piperidine rings is 2. The lowest BCUT2D eigenvalue weighted by Gasteiger charge is -2.39. The molecular weight excluding hydrogens is 302 g/mol. The Morgan fingerprint density at radius 1 is 1.25 bits per heavy atom. The van der Waals surface area contributed by atoms with Gasteiger partial charge in [0.1, 0.15) is 0 Å². The number of rotatable bonds is 5. The number of aryl methyl sites for hydroxylation is 2. The molecule has 2 atom stereocenters. The second-order valence-corrected chi connectivity index (χ2v) is 7.57. The molecule has 0 radical (unpaired) electrons. The van der Waals surface area contributed by atoms with Gasteiger partial charge in [0.05, 0.1) is 5.69 Å². The van der Waals surface area contributed by atoms with Crippen LogP contribution < -0.4 is 0 Å². The summed E-state index contributed by atoms with van der Waals surface area (Å²) in [7, 11) is 1.86. The molecule has 2 aliphatic heterocycles. The van der Waals surface area contributed by atoms with Gasteiger partial charge in [-0.3, -0.25) is 9.48 Å². The second kappa shape index (κ2) is 8.10. The molecule has 1 amide bonds. The van der Waals surface area contributed by atoms with E-state index in [9.17, 15) is 4.79 Å². The van der Waals surface area contributed by atoms with Crippen molar-refractivity contribution in [3.63, 3.8) is 0 Å². The summed E-state index contributed by atoms with van der Waals surface area (Å²) in [5.41, 5.74) is 0.904. The van der Waals surface area contributed by atoms with Gasteiger partial charge in [0.2, 0.25) is 5.91 Å². The summed E-state index contributed by atoms with van der Waals surface area (Å²) >= 11 is 0. The van der Waals surface area contributed by atoms with Gasteiger partial charge in [0.15, 0.2) is 0 Å².